The maximum absolute atomic E-state index is 1.50. The molecule has 1 aliphatic carbocycles. The topological polar surface area (TPSA) is 0 Å². The van der Waals surface area contributed by atoms with Crippen LogP contribution in [0.3, 0.4) is 0 Å². The van der Waals surface area contributed by atoms with Crippen molar-refractivity contribution in [1.82, 2.24) is 0 Å². The summed E-state index contributed by atoms with van der Waals surface area (Å²) in [4.78, 5) is 0. The first-order valence-electron chi connectivity index (χ1n) is 16.0. The van der Waals surface area contributed by atoms with Gasteiger partial charge in [0.15, 0.2) is 0 Å². The Bertz CT molecular complexity index is 160. The Morgan fingerprint density at radius 1 is 0.0625 bits per heavy atom. The van der Waals surface area contributed by atoms with Crippen LogP contribution in [0.2, 0.25) is 0 Å². The van der Waals surface area contributed by atoms with Crippen LogP contribution in [0.5, 0.6) is 0 Å². The highest BCUT2D eigenvalue weighted by atomic mass is 14.0. The van der Waals surface area contributed by atoms with E-state index >= 15 is 0 Å². The molecule has 1 saturated carbocycles. The molecule has 0 unspecified atom stereocenters. The summed E-state index contributed by atoms with van der Waals surface area (Å²) in [5.41, 5.74) is 0. The maximum Gasteiger partial charge on any atom is -0.0533 e. The zero-order valence-corrected chi connectivity index (χ0v) is 22.6. The molecule has 0 heterocycles. The van der Waals surface area contributed by atoms with E-state index in [0.29, 0.717) is 0 Å². The van der Waals surface area contributed by atoms with Crippen molar-refractivity contribution in [3.63, 3.8) is 0 Å². The van der Waals surface area contributed by atoms with Crippen LogP contribution in [0.1, 0.15) is 205 Å². The molecule has 0 amide bonds. The fourth-order valence-electron chi connectivity index (χ4n) is 5.66. The highest BCUT2D eigenvalue weighted by molar-refractivity contribution is 4.53. The van der Waals surface area contributed by atoms with Crippen molar-refractivity contribution in [2.75, 3.05) is 0 Å². The Morgan fingerprint density at radius 2 is 0.0938 bits per heavy atom. The molecule has 0 aromatic heterocycles. The van der Waals surface area contributed by atoms with Gasteiger partial charge in [0, 0.05) is 0 Å². The van der Waals surface area contributed by atoms with Crippen molar-refractivity contribution < 1.29 is 0 Å². The molecule has 1 rings (SSSR count). The van der Waals surface area contributed by atoms with Crippen molar-refractivity contribution in [1.29, 1.82) is 0 Å². The van der Waals surface area contributed by atoms with Crippen LogP contribution in [0.15, 0.2) is 0 Å². The van der Waals surface area contributed by atoms with Gasteiger partial charge in [0.1, 0.15) is 0 Å². The first-order chi connectivity index (χ1) is 16.0. The van der Waals surface area contributed by atoms with Crippen molar-refractivity contribution in [2.45, 2.75) is 205 Å². The summed E-state index contributed by atoms with van der Waals surface area (Å²) in [6.45, 7) is 0. The normalized spacial score (nSPS) is 24.0. The van der Waals surface area contributed by atoms with E-state index in [1.165, 1.54) is 205 Å². The third kappa shape index (κ3) is 24.6. The van der Waals surface area contributed by atoms with Gasteiger partial charge in [0.05, 0.1) is 0 Å². The van der Waals surface area contributed by atoms with Crippen molar-refractivity contribution in [3.8, 4) is 0 Å². The van der Waals surface area contributed by atoms with Crippen molar-refractivity contribution in [3.05, 3.63) is 0 Å². The maximum atomic E-state index is 1.50. The highest BCUT2D eigenvalue weighted by Crippen LogP contribution is 2.17. The first-order valence-corrected chi connectivity index (χ1v) is 16.0. The first kappa shape index (κ1) is 30.0. The van der Waals surface area contributed by atoms with Crippen LogP contribution >= 0.6 is 0 Å². The third-order valence-corrected chi connectivity index (χ3v) is 8.00. The fraction of sp³-hybridized carbons (Fsp3) is 1.00. The molecule has 0 atom stereocenters. The van der Waals surface area contributed by atoms with Gasteiger partial charge in [-0.15, -0.1) is 0 Å². The Balaban J connectivity index is 2.00. The molecule has 0 heteroatoms. The summed E-state index contributed by atoms with van der Waals surface area (Å²) >= 11 is 0. The van der Waals surface area contributed by atoms with E-state index in [0.717, 1.165) is 0 Å². The molecule has 32 heavy (non-hydrogen) atoms. The summed E-state index contributed by atoms with van der Waals surface area (Å²) in [6.07, 6.45) is 48.0. The van der Waals surface area contributed by atoms with Crippen molar-refractivity contribution >= 4 is 0 Å². The number of hydrogen-bond donors (Lipinski definition) is 0. The predicted octanol–water partition coefficient (Wildman–Crippen LogP) is 12.5. The molecule has 0 aromatic rings. The number of rotatable bonds is 0. The Kier molecular flexibility index (Phi) is 25.6. The molecule has 0 nitrogen and oxygen atoms in total. The molecule has 0 radical (unpaired) electrons. The number of hydrogen-bond acceptors (Lipinski definition) is 0. The highest BCUT2D eigenvalue weighted by Gasteiger charge is 1.98. The third-order valence-electron chi connectivity index (χ3n) is 8.00. The molecule has 0 aromatic carbocycles. The average Bonchev–Trinajstić information content (AvgIpc) is 2.80. The van der Waals surface area contributed by atoms with Crippen molar-refractivity contribution in [2.24, 2.45) is 0 Å². The van der Waals surface area contributed by atoms with Crippen LogP contribution in [0, 0.1) is 0 Å². The molecule has 192 valence electrons. The second kappa shape index (κ2) is 27.2. The van der Waals surface area contributed by atoms with Crippen LogP contribution in [-0.4, -0.2) is 0 Å². The molecular weight excluding hydrogens is 384 g/mol. The second-order valence-electron chi connectivity index (χ2n) is 11.3. The van der Waals surface area contributed by atoms with Crippen LogP contribution in [-0.2, 0) is 0 Å². The van der Waals surface area contributed by atoms with E-state index in [2.05, 4.69) is 0 Å². The fourth-order valence-corrected chi connectivity index (χ4v) is 5.66. The lowest BCUT2D eigenvalue weighted by Crippen LogP contribution is -1.85. The molecule has 0 N–H and O–H groups in total. The van der Waals surface area contributed by atoms with Crippen LogP contribution in [0.25, 0.3) is 0 Å². The van der Waals surface area contributed by atoms with E-state index in [-0.39, 0.29) is 0 Å². The lowest BCUT2D eigenvalue weighted by molar-refractivity contribution is 0.504. The summed E-state index contributed by atoms with van der Waals surface area (Å²) < 4.78 is 0. The van der Waals surface area contributed by atoms with Gasteiger partial charge in [-0.2, -0.15) is 0 Å². The lowest BCUT2D eigenvalue weighted by Gasteiger charge is -2.05. The largest absolute Gasteiger partial charge is 0.0533 e. The molecule has 1 aliphatic rings. The molecule has 0 bridgehead atoms. The molecule has 0 spiro atoms. The van der Waals surface area contributed by atoms with E-state index in [1.54, 1.807) is 0 Å². The molecule has 0 aliphatic heterocycles. The van der Waals surface area contributed by atoms with E-state index in [1.807, 2.05) is 0 Å². The van der Waals surface area contributed by atoms with E-state index in [4.69, 9.17) is 0 Å². The van der Waals surface area contributed by atoms with E-state index in [9.17, 15) is 0 Å². The summed E-state index contributed by atoms with van der Waals surface area (Å²) in [6, 6.07) is 0. The monoisotopic (exact) mass is 449 g/mol. The van der Waals surface area contributed by atoms with Gasteiger partial charge in [-0.3, -0.25) is 0 Å². The Hall–Kier alpha value is 0. The predicted molar refractivity (Wildman–Crippen MR) is 148 cm³/mol. The minimum atomic E-state index is 1.50. The average molecular weight is 449 g/mol. The Labute approximate surface area is 205 Å². The zero-order valence-electron chi connectivity index (χ0n) is 22.6. The smallest absolute Gasteiger partial charge is 0.0533 e. The minimum Gasteiger partial charge on any atom is -0.0533 e. The lowest BCUT2D eigenvalue weighted by atomic mass is 10.0. The van der Waals surface area contributed by atoms with Gasteiger partial charge in [-0.1, -0.05) is 205 Å². The van der Waals surface area contributed by atoms with Gasteiger partial charge >= 0.3 is 0 Å². The van der Waals surface area contributed by atoms with Crippen LogP contribution < -0.4 is 0 Å². The molecule has 1 fully saturated rings. The van der Waals surface area contributed by atoms with Gasteiger partial charge in [-0.25, -0.2) is 0 Å². The summed E-state index contributed by atoms with van der Waals surface area (Å²) in [7, 11) is 0. The second-order valence-corrected chi connectivity index (χ2v) is 11.3. The quantitative estimate of drug-likeness (QED) is 0.345. The van der Waals surface area contributed by atoms with Gasteiger partial charge < -0.3 is 0 Å². The molecular formula is C32H64. The Morgan fingerprint density at radius 3 is 0.125 bits per heavy atom. The SMILES string of the molecule is C1CCCCCCCCCCCCCCCCCCCCCCCCCCCCCCC1. The summed E-state index contributed by atoms with van der Waals surface area (Å²) in [5, 5.41) is 0. The van der Waals surface area contributed by atoms with Gasteiger partial charge in [-0.05, 0) is 0 Å². The van der Waals surface area contributed by atoms with Gasteiger partial charge in [0.25, 0.3) is 0 Å². The molecule has 0 saturated heterocycles. The van der Waals surface area contributed by atoms with Crippen LogP contribution in [0.4, 0.5) is 0 Å². The zero-order chi connectivity index (χ0) is 22.6. The van der Waals surface area contributed by atoms with Gasteiger partial charge in [0.2, 0.25) is 0 Å². The standard InChI is InChI=1S/C32H64/c1-2-4-6-8-10-12-14-16-18-20-22-24-26-28-30-32-31-29-27-25-23-21-19-17-15-13-11-9-7-5-3-1/h1-32H2. The minimum absolute atomic E-state index is 1.50. The summed E-state index contributed by atoms with van der Waals surface area (Å²) in [5.74, 6) is 0. The van der Waals surface area contributed by atoms with E-state index < -0.39 is 0 Å².